The zero-order chi connectivity index (χ0) is 51.2. The molecule has 2 saturated carbocycles. The molecule has 0 amide bonds. The lowest BCUT2D eigenvalue weighted by Gasteiger charge is -2.32. The van der Waals surface area contributed by atoms with Gasteiger partial charge in [0.2, 0.25) is 0 Å². The van der Waals surface area contributed by atoms with Gasteiger partial charge >= 0.3 is 5.97 Å². The zero-order valence-corrected chi connectivity index (χ0v) is 44.4. The number of benzene rings is 2. The van der Waals surface area contributed by atoms with Gasteiger partial charge < -0.3 is 58.0 Å². The second-order valence-corrected chi connectivity index (χ2v) is 22.3. The third-order valence-electron chi connectivity index (χ3n) is 16.8. The summed E-state index contributed by atoms with van der Waals surface area (Å²) in [6.45, 7) is 3.10. The first-order valence-corrected chi connectivity index (χ1v) is 29.4. The van der Waals surface area contributed by atoms with Crippen molar-refractivity contribution in [1.29, 1.82) is 0 Å². The SMILES string of the molecule is O=C(O)CCC/C=C\C[C@@H]1[C@@H](CC[C@H](CCc2ccccc2)OC2CCCCO2)[C@H](OC2CCCCO2)C[C@@H]1O.OC1C[C@@H]2[C@@H](CC[C@H](CCc3ccccc3)OC3CCCCO3)[C@H](OC3CCCCO3)C[C@@H]2O1. The summed E-state index contributed by atoms with van der Waals surface area (Å²) in [5, 5.41) is 30.2. The largest absolute Gasteiger partial charge is 0.481 e. The van der Waals surface area contributed by atoms with Gasteiger partial charge in [-0.15, -0.1) is 0 Å². The van der Waals surface area contributed by atoms with E-state index in [1.807, 2.05) is 0 Å². The van der Waals surface area contributed by atoms with Crippen LogP contribution in [0, 0.1) is 23.7 Å². The van der Waals surface area contributed by atoms with Crippen LogP contribution < -0.4 is 0 Å². The molecule has 7 fully saturated rings. The van der Waals surface area contributed by atoms with Crippen molar-refractivity contribution in [3.63, 3.8) is 0 Å². The number of hydrogen-bond donors (Lipinski definition) is 3. The number of aryl methyl sites for hydroxylation is 2. The Labute approximate surface area is 442 Å². The average Bonchev–Trinajstić information content (AvgIpc) is 4.05. The molecule has 0 aromatic heterocycles. The van der Waals surface area contributed by atoms with Crippen LogP contribution in [-0.2, 0) is 60.3 Å². The molecular formula is C61H92O13. The van der Waals surface area contributed by atoms with E-state index in [9.17, 15) is 15.0 Å². The molecule has 3 N–H and O–H groups in total. The van der Waals surface area contributed by atoms with Gasteiger partial charge in [-0.05, 0) is 182 Å². The molecule has 7 aliphatic rings. The third kappa shape index (κ3) is 19.0. The number of aliphatic hydroxyl groups excluding tert-OH is 2. The summed E-state index contributed by atoms with van der Waals surface area (Å²) in [7, 11) is 0. The van der Waals surface area contributed by atoms with Crippen LogP contribution in [0.15, 0.2) is 72.8 Å². The number of carbonyl (C=O) groups is 1. The van der Waals surface area contributed by atoms with Crippen molar-refractivity contribution in [2.45, 2.75) is 241 Å². The highest BCUT2D eigenvalue weighted by molar-refractivity contribution is 5.66. The highest BCUT2D eigenvalue weighted by Crippen LogP contribution is 2.47. The topological polar surface area (TPSA) is 161 Å². The van der Waals surface area contributed by atoms with Crippen LogP contribution in [0.5, 0.6) is 0 Å². The second kappa shape index (κ2) is 31.6. The summed E-state index contributed by atoms with van der Waals surface area (Å²) < 4.78 is 55.6. The highest BCUT2D eigenvalue weighted by atomic mass is 16.7. The van der Waals surface area contributed by atoms with E-state index in [4.69, 9.17) is 47.7 Å². The third-order valence-corrected chi connectivity index (χ3v) is 16.8. The number of fused-ring (bicyclic) bond motifs is 1. The van der Waals surface area contributed by atoms with E-state index < -0.39 is 18.4 Å². The number of carboxylic acid groups (broad SMARTS) is 1. The fourth-order valence-electron chi connectivity index (χ4n) is 12.8. The van der Waals surface area contributed by atoms with Crippen molar-refractivity contribution in [2.75, 3.05) is 26.4 Å². The van der Waals surface area contributed by atoms with Gasteiger partial charge in [-0.2, -0.15) is 0 Å². The maximum Gasteiger partial charge on any atom is 0.303 e. The van der Waals surface area contributed by atoms with Gasteiger partial charge in [-0.25, -0.2) is 0 Å². The monoisotopic (exact) mass is 1030 g/mol. The molecule has 2 aliphatic carbocycles. The number of aliphatic carboxylic acids is 1. The quantitative estimate of drug-likeness (QED) is 0.0604. The van der Waals surface area contributed by atoms with E-state index in [0.29, 0.717) is 31.1 Å². The molecule has 5 heterocycles. The van der Waals surface area contributed by atoms with Gasteiger partial charge in [0.1, 0.15) is 0 Å². The minimum atomic E-state index is -0.757. The first kappa shape index (κ1) is 57.4. The van der Waals surface area contributed by atoms with Crippen LogP contribution in [0.4, 0.5) is 0 Å². The molecule has 2 aromatic carbocycles. The number of hydrogen-bond acceptors (Lipinski definition) is 12. The normalized spacial score (nSPS) is 33.2. The molecule has 5 saturated heterocycles. The Morgan fingerprint density at radius 2 is 1.08 bits per heavy atom. The van der Waals surface area contributed by atoms with Gasteiger partial charge in [-0.3, -0.25) is 4.79 Å². The molecule has 5 unspecified atom stereocenters. The number of carboxylic acids is 1. The highest BCUT2D eigenvalue weighted by Gasteiger charge is 2.50. The molecule has 13 nitrogen and oxygen atoms in total. The van der Waals surface area contributed by atoms with Crippen molar-refractivity contribution < 1.29 is 62.7 Å². The first-order valence-electron chi connectivity index (χ1n) is 29.4. The minimum Gasteiger partial charge on any atom is -0.481 e. The first-order chi connectivity index (χ1) is 36.3. The van der Waals surface area contributed by atoms with E-state index in [1.54, 1.807) is 0 Å². The molecule has 15 atom stereocenters. The summed E-state index contributed by atoms with van der Waals surface area (Å²) in [5.41, 5.74) is 2.67. The minimum absolute atomic E-state index is 0.0378. The summed E-state index contributed by atoms with van der Waals surface area (Å²) in [4.78, 5) is 10.8. The van der Waals surface area contributed by atoms with Gasteiger partial charge in [0.15, 0.2) is 31.5 Å². The Morgan fingerprint density at radius 1 is 0.581 bits per heavy atom. The maximum atomic E-state index is 11.1. The van der Waals surface area contributed by atoms with E-state index in [1.165, 1.54) is 24.0 Å². The van der Waals surface area contributed by atoms with E-state index in [2.05, 4.69) is 72.8 Å². The van der Waals surface area contributed by atoms with Gasteiger partial charge in [0.05, 0.1) is 36.6 Å². The predicted molar refractivity (Wildman–Crippen MR) is 282 cm³/mol. The molecule has 0 bridgehead atoms. The number of aliphatic hydroxyl groups is 2. The fraction of sp³-hybridized carbons (Fsp3) is 0.754. The van der Waals surface area contributed by atoms with Gasteiger partial charge in [-0.1, -0.05) is 72.8 Å². The Bertz CT molecular complexity index is 1850. The van der Waals surface area contributed by atoms with Crippen molar-refractivity contribution in [3.05, 3.63) is 83.9 Å². The molecule has 414 valence electrons. The second-order valence-electron chi connectivity index (χ2n) is 22.3. The molecule has 2 aromatic rings. The number of unbranched alkanes of at least 4 members (excludes halogenated alkanes) is 1. The Hall–Kier alpha value is -2.79. The van der Waals surface area contributed by atoms with Crippen LogP contribution in [0.25, 0.3) is 0 Å². The lowest BCUT2D eigenvalue weighted by molar-refractivity contribution is -0.203. The van der Waals surface area contributed by atoms with Crippen LogP contribution in [0.1, 0.15) is 172 Å². The summed E-state index contributed by atoms with van der Waals surface area (Å²) >= 11 is 0. The fourth-order valence-corrected chi connectivity index (χ4v) is 12.8. The zero-order valence-electron chi connectivity index (χ0n) is 44.4. The molecule has 9 rings (SSSR count). The smallest absolute Gasteiger partial charge is 0.303 e. The summed E-state index contributed by atoms with van der Waals surface area (Å²) in [6, 6.07) is 21.2. The van der Waals surface area contributed by atoms with Crippen molar-refractivity contribution in [2.24, 2.45) is 23.7 Å². The molecule has 0 radical (unpaired) electrons. The average molecular weight is 1030 g/mol. The Balaban J connectivity index is 0.000000199. The maximum absolute atomic E-state index is 11.1. The number of rotatable bonds is 26. The van der Waals surface area contributed by atoms with Crippen LogP contribution in [0.2, 0.25) is 0 Å². The lowest BCUT2D eigenvalue weighted by atomic mass is 9.85. The summed E-state index contributed by atoms with van der Waals surface area (Å²) in [5.74, 6) is 0.267. The molecule has 0 spiro atoms. The lowest BCUT2D eigenvalue weighted by Crippen LogP contribution is -2.33. The molecule has 5 aliphatic heterocycles. The van der Waals surface area contributed by atoms with E-state index >= 15 is 0 Å². The van der Waals surface area contributed by atoms with Crippen LogP contribution in [-0.4, -0.2) is 116 Å². The molecular weight excluding hydrogens is 941 g/mol. The van der Waals surface area contributed by atoms with Crippen molar-refractivity contribution in [1.82, 2.24) is 0 Å². The number of ether oxygens (including phenoxy) is 9. The van der Waals surface area contributed by atoms with Gasteiger partial charge in [0.25, 0.3) is 0 Å². The van der Waals surface area contributed by atoms with Crippen LogP contribution in [0.3, 0.4) is 0 Å². The van der Waals surface area contributed by atoms with E-state index in [-0.39, 0.29) is 73.9 Å². The van der Waals surface area contributed by atoms with E-state index in [0.717, 1.165) is 161 Å². The van der Waals surface area contributed by atoms with Gasteiger partial charge in [0, 0.05) is 52.1 Å². The molecule has 74 heavy (non-hydrogen) atoms. The number of allylic oxidation sites excluding steroid dienone is 2. The Morgan fingerprint density at radius 3 is 1.58 bits per heavy atom. The predicted octanol–water partition coefficient (Wildman–Crippen LogP) is 11.4. The summed E-state index contributed by atoms with van der Waals surface area (Å²) in [6.07, 6.45) is 28.2. The van der Waals surface area contributed by atoms with Crippen molar-refractivity contribution >= 4 is 5.97 Å². The molecule has 13 heteroatoms. The van der Waals surface area contributed by atoms with Crippen molar-refractivity contribution in [3.8, 4) is 0 Å². The van der Waals surface area contributed by atoms with Crippen LogP contribution >= 0.6 is 0 Å². The standard InChI is InChI=1S/C33H50O7.C28H42O6/c34-29-24-30(40-33-17-9-11-23-38-33)28(27(29)14-6-1-2-7-15-31(35)36)21-20-26(39-32-16-8-10-22-37-32)19-18-25-12-4-3-5-13-25;29-26-18-23-22(24(19-25(23)33-26)34-28-11-5-7-17-31-28)15-14-21(32-27-10-4-6-16-30-27)13-12-20-8-2-1-3-9-20/h1,3-6,12-13,26-30,32-34H,2,7-11,14-24H2,(H,35,36);1-3,8-9,21-29H,4-7,10-19H2/b6-1-;/t26-,27+,28+,29-,30+,32?,33?;21-,22+,23+,24+,25-,26?,27?,28?/m00/s1. The Kier molecular flexibility index (Phi) is 24.5.